The van der Waals surface area contributed by atoms with Gasteiger partial charge in [-0.25, -0.2) is 4.99 Å². The molecule has 0 aliphatic carbocycles. The number of aryl methyl sites for hydroxylation is 1. The molecule has 5 heteroatoms. The van der Waals surface area contributed by atoms with E-state index >= 15 is 0 Å². The molecule has 156 valence electrons. The van der Waals surface area contributed by atoms with Crippen molar-refractivity contribution in [1.29, 1.82) is 0 Å². The van der Waals surface area contributed by atoms with Gasteiger partial charge >= 0.3 is 0 Å². The Balaban J connectivity index is 1.48. The van der Waals surface area contributed by atoms with E-state index in [4.69, 9.17) is 4.99 Å². The molecule has 0 unspecified atom stereocenters. The minimum absolute atomic E-state index is 0.0349. The Hall–Kier alpha value is -3.18. The summed E-state index contributed by atoms with van der Waals surface area (Å²) in [5.74, 6) is 0.885. The summed E-state index contributed by atoms with van der Waals surface area (Å²) in [6.07, 6.45) is 2.42. The molecule has 5 rings (SSSR count). The summed E-state index contributed by atoms with van der Waals surface area (Å²) in [6, 6.07) is 25.0. The van der Waals surface area contributed by atoms with Crippen LogP contribution in [0.3, 0.4) is 0 Å². The van der Waals surface area contributed by atoms with Crippen molar-refractivity contribution in [2.24, 2.45) is 4.99 Å². The van der Waals surface area contributed by atoms with Crippen molar-refractivity contribution < 1.29 is 4.79 Å². The first kappa shape index (κ1) is 19.8. The minimum Gasteiger partial charge on any atom is -0.349 e. The molecule has 31 heavy (non-hydrogen) atoms. The lowest BCUT2D eigenvalue weighted by atomic mass is 10.0. The third kappa shape index (κ3) is 4.06. The first-order chi connectivity index (χ1) is 15.2. The maximum absolute atomic E-state index is 13.3. The van der Waals surface area contributed by atoms with Crippen LogP contribution in [-0.4, -0.2) is 29.7 Å². The van der Waals surface area contributed by atoms with E-state index in [-0.39, 0.29) is 5.91 Å². The molecule has 3 aromatic rings. The van der Waals surface area contributed by atoms with Crippen LogP contribution in [0.2, 0.25) is 0 Å². The van der Waals surface area contributed by atoms with Crippen molar-refractivity contribution in [2.45, 2.75) is 26.2 Å². The number of thiophene rings is 1. The number of rotatable bonds is 6. The quantitative estimate of drug-likeness (QED) is 0.551. The molecule has 2 aliphatic heterocycles. The Morgan fingerprint density at radius 3 is 2.32 bits per heavy atom. The van der Waals surface area contributed by atoms with Gasteiger partial charge in [0.05, 0.1) is 0 Å². The average molecular weight is 428 g/mol. The van der Waals surface area contributed by atoms with Gasteiger partial charge in [0.15, 0.2) is 0 Å². The first-order valence-electron chi connectivity index (χ1n) is 10.7. The zero-order valence-corrected chi connectivity index (χ0v) is 18.4. The largest absolute Gasteiger partial charge is 0.349 e. The Kier molecular flexibility index (Phi) is 5.43. The molecule has 0 N–H and O–H groups in total. The number of hydrogen-bond donors (Lipinski definition) is 0. The zero-order valence-electron chi connectivity index (χ0n) is 17.6. The highest BCUT2D eigenvalue weighted by atomic mass is 32.1. The van der Waals surface area contributed by atoms with E-state index in [0.717, 1.165) is 30.9 Å². The first-order valence-corrected chi connectivity index (χ1v) is 11.6. The lowest BCUT2D eigenvalue weighted by Gasteiger charge is -2.36. The second-order valence-electron chi connectivity index (χ2n) is 7.95. The van der Waals surface area contributed by atoms with Gasteiger partial charge in [-0.1, -0.05) is 55.5 Å². The van der Waals surface area contributed by atoms with E-state index < -0.39 is 0 Å². The van der Waals surface area contributed by atoms with Crippen LogP contribution in [-0.2, 0) is 24.1 Å². The highest BCUT2D eigenvalue weighted by molar-refractivity contribution is 7.12. The van der Waals surface area contributed by atoms with Crippen LogP contribution in [0.4, 0.5) is 5.69 Å². The molecule has 2 aromatic carbocycles. The third-order valence-electron chi connectivity index (χ3n) is 5.79. The molecule has 1 aromatic heterocycles. The zero-order chi connectivity index (χ0) is 21.2. The van der Waals surface area contributed by atoms with Crippen LogP contribution in [0.15, 0.2) is 89.2 Å². The number of aliphatic imine (C=N–C) groups is 1. The maximum atomic E-state index is 13.3. The molecule has 2 aliphatic rings. The number of benzene rings is 2. The Bertz CT molecular complexity index is 1150. The van der Waals surface area contributed by atoms with E-state index in [1.807, 2.05) is 29.2 Å². The standard InChI is InChI=1S/C26H25N3OS/c1-2-22-13-14-23(31-22)16-24-26(30)29-18-28(21-11-7-4-8-12-21)17-20(25(29)27-24)15-19-9-5-3-6-10-19/h3-14H,2,15-18H2,1H3. The van der Waals surface area contributed by atoms with Crippen molar-refractivity contribution in [3.8, 4) is 0 Å². The molecule has 0 saturated carbocycles. The van der Waals surface area contributed by atoms with Crippen LogP contribution < -0.4 is 4.90 Å². The number of para-hydroxylation sites is 1. The van der Waals surface area contributed by atoms with Crippen molar-refractivity contribution in [3.05, 3.63) is 99.5 Å². The van der Waals surface area contributed by atoms with Gasteiger partial charge in [0.2, 0.25) is 0 Å². The summed E-state index contributed by atoms with van der Waals surface area (Å²) < 4.78 is 0. The van der Waals surface area contributed by atoms with E-state index in [1.54, 1.807) is 11.3 Å². The molecule has 0 atom stereocenters. The topological polar surface area (TPSA) is 35.9 Å². The van der Waals surface area contributed by atoms with Gasteiger partial charge in [0, 0.05) is 28.4 Å². The molecule has 4 nitrogen and oxygen atoms in total. The summed E-state index contributed by atoms with van der Waals surface area (Å²) in [5.41, 5.74) is 4.20. The smallest absolute Gasteiger partial charge is 0.275 e. The van der Waals surface area contributed by atoms with Crippen LogP contribution >= 0.6 is 11.3 Å². The predicted octanol–water partition coefficient (Wildman–Crippen LogP) is 5.07. The number of anilines is 1. The van der Waals surface area contributed by atoms with Gasteiger partial charge in [-0.15, -0.1) is 11.3 Å². The second kappa shape index (κ2) is 8.52. The van der Waals surface area contributed by atoms with E-state index in [9.17, 15) is 4.79 Å². The van der Waals surface area contributed by atoms with Crippen LogP contribution in [0.5, 0.6) is 0 Å². The summed E-state index contributed by atoms with van der Waals surface area (Å²) >= 11 is 1.78. The van der Waals surface area contributed by atoms with Crippen LogP contribution in [0, 0.1) is 0 Å². The third-order valence-corrected chi connectivity index (χ3v) is 7.02. The van der Waals surface area contributed by atoms with E-state index in [1.165, 1.54) is 20.9 Å². The fourth-order valence-electron chi connectivity index (χ4n) is 4.19. The summed E-state index contributed by atoms with van der Waals surface area (Å²) in [5, 5.41) is 0. The Morgan fingerprint density at radius 1 is 0.903 bits per heavy atom. The van der Waals surface area contributed by atoms with Gasteiger partial charge < -0.3 is 4.90 Å². The lowest BCUT2D eigenvalue weighted by Crippen LogP contribution is -2.45. The SMILES string of the molecule is CCc1ccc(CC2=NC3=C(Cc4ccccc4)CN(c4ccccc4)CN3C2=O)s1. The summed E-state index contributed by atoms with van der Waals surface area (Å²) in [4.78, 5) is 24.9. The lowest BCUT2D eigenvalue weighted by molar-refractivity contribution is -0.121. The van der Waals surface area contributed by atoms with Crippen molar-refractivity contribution in [1.82, 2.24) is 4.90 Å². The Labute approximate surface area is 187 Å². The average Bonchev–Trinajstić information content (AvgIpc) is 3.40. The molecule has 0 spiro atoms. The number of amides is 1. The number of hydrogen-bond acceptors (Lipinski definition) is 4. The van der Waals surface area contributed by atoms with E-state index in [2.05, 4.69) is 60.4 Å². The van der Waals surface area contributed by atoms with Gasteiger partial charge in [0.25, 0.3) is 5.91 Å². The molecular formula is C26H25N3OS. The molecule has 0 fully saturated rings. The molecule has 0 saturated heterocycles. The van der Waals surface area contributed by atoms with Gasteiger partial charge in [-0.05, 0) is 48.2 Å². The molecule has 3 heterocycles. The van der Waals surface area contributed by atoms with Crippen LogP contribution in [0.1, 0.15) is 22.2 Å². The fraction of sp³-hybridized carbons (Fsp3) is 0.231. The van der Waals surface area contributed by atoms with Crippen LogP contribution in [0.25, 0.3) is 0 Å². The molecular weight excluding hydrogens is 402 g/mol. The minimum atomic E-state index is 0.0349. The Morgan fingerprint density at radius 2 is 1.61 bits per heavy atom. The summed E-state index contributed by atoms with van der Waals surface area (Å²) in [7, 11) is 0. The number of carbonyl (C=O) groups excluding carboxylic acids is 1. The highest BCUT2D eigenvalue weighted by Gasteiger charge is 2.37. The molecule has 0 bridgehead atoms. The van der Waals surface area contributed by atoms with E-state index in [0.29, 0.717) is 18.8 Å². The number of fused-ring (bicyclic) bond motifs is 1. The maximum Gasteiger partial charge on any atom is 0.275 e. The monoisotopic (exact) mass is 427 g/mol. The second-order valence-corrected chi connectivity index (χ2v) is 9.21. The molecule has 1 amide bonds. The number of carbonyl (C=O) groups is 1. The van der Waals surface area contributed by atoms with Crippen molar-refractivity contribution in [3.63, 3.8) is 0 Å². The van der Waals surface area contributed by atoms with Gasteiger partial charge in [0.1, 0.15) is 18.2 Å². The predicted molar refractivity (Wildman–Crippen MR) is 128 cm³/mol. The number of nitrogens with zero attached hydrogens (tertiary/aromatic N) is 3. The van der Waals surface area contributed by atoms with Crippen molar-refractivity contribution >= 4 is 28.6 Å². The summed E-state index contributed by atoms with van der Waals surface area (Å²) in [6.45, 7) is 3.47. The van der Waals surface area contributed by atoms with Gasteiger partial charge in [-0.2, -0.15) is 0 Å². The van der Waals surface area contributed by atoms with Gasteiger partial charge in [-0.3, -0.25) is 9.69 Å². The normalized spacial score (nSPS) is 16.0. The van der Waals surface area contributed by atoms with Crippen molar-refractivity contribution in [2.75, 3.05) is 18.1 Å². The highest BCUT2D eigenvalue weighted by Crippen LogP contribution is 2.31. The fourth-order valence-corrected chi connectivity index (χ4v) is 5.15. The molecule has 0 radical (unpaired) electrons.